The summed E-state index contributed by atoms with van der Waals surface area (Å²) in [5, 5.41) is 21.9. The van der Waals surface area contributed by atoms with Gasteiger partial charge in [0.05, 0.1) is 31.0 Å². The SMILES string of the molecule is CCCC(NC(=O)Cc1cn(-c2ccccc2)nc1-c1ccc(OC)cc1)c1nn[nH]n1. The monoisotopic (exact) mass is 431 g/mol. The molecule has 2 aromatic carbocycles. The van der Waals surface area contributed by atoms with Crippen molar-refractivity contribution in [1.29, 1.82) is 0 Å². The molecule has 0 spiro atoms. The van der Waals surface area contributed by atoms with E-state index >= 15 is 0 Å². The average molecular weight is 432 g/mol. The molecule has 0 radical (unpaired) electrons. The third-order valence-corrected chi connectivity index (χ3v) is 5.11. The predicted octanol–water partition coefficient (Wildman–Crippen LogP) is 3.26. The molecule has 0 aliphatic heterocycles. The molecule has 4 aromatic rings. The number of nitrogens with zero attached hydrogens (tertiary/aromatic N) is 5. The molecule has 1 atom stereocenters. The Bertz CT molecular complexity index is 1140. The maximum Gasteiger partial charge on any atom is 0.225 e. The first kappa shape index (κ1) is 21.2. The van der Waals surface area contributed by atoms with Crippen LogP contribution in [-0.2, 0) is 11.2 Å². The van der Waals surface area contributed by atoms with Gasteiger partial charge in [-0.1, -0.05) is 36.8 Å². The van der Waals surface area contributed by atoms with E-state index in [4.69, 9.17) is 9.84 Å². The Labute approximate surface area is 185 Å². The lowest BCUT2D eigenvalue weighted by Crippen LogP contribution is -2.30. The highest BCUT2D eigenvalue weighted by atomic mass is 16.5. The number of para-hydroxylation sites is 1. The van der Waals surface area contributed by atoms with Crippen LogP contribution in [0.25, 0.3) is 16.9 Å². The highest BCUT2D eigenvalue weighted by molar-refractivity contribution is 5.81. The summed E-state index contributed by atoms with van der Waals surface area (Å²) in [5.41, 5.74) is 3.40. The summed E-state index contributed by atoms with van der Waals surface area (Å²) >= 11 is 0. The molecule has 0 saturated heterocycles. The number of methoxy groups -OCH3 is 1. The minimum Gasteiger partial charge on any atom is -0.497 e. The van der Waals surface area contributed by atoms with Crippen molar-refractivity contribution in [3.63, 3.8) is 0 Å². The van der Waals surface area contributed by atoms with Gasteiger partial charge in [-0.3, -0.25) is 4.79 Å². The van der Waals surface area contributed by atoms with Gasteiger partial charge in [0.15, 0.2) is 5.82 Å². The Kier molecular flexibility index (Phi) is 6.54. The number of carbonyl (C=O) groups is 1. The van der Waals surface area contributed by atoms with E-state index in [-0.39, 0.29) is 18.4 Å². The molecule has 9 nitrogen and oxygen atoms in total. The van der Waals surface area contributed by atoms with Gasteiger partial charge in [-0.2, -0.15) is 10.3 Å². The van der Waals surface area contributed by atoms with Gasteiger partial charge in [-0.05, 0) is 42.8 Å². The number of amides is 1. The van der Waals surface area contributed by atoms with E-state index < -0.39 is 0 Å². The number of hydrogen-bond donors (Lipinski definition) is 2. The van der Waals surface area contributed by atoms with Gasteiger partial charge in [0.2, 0.25) is 5.91 Å². The quantitative estimate of drug-likeness (QED) is 0.421. The molecule has 1 amide bonds. The lowest BCUT2D eigenvalue weighted by Gasteiger charge is -2.14. The van der Waals surface area contributed by atoms with E-state index in [0.29, 0.717) is 5.82 Å². The van der Waals surface area contributed by atoms with Gasteiger partial charge < -0.3 is 10.1 Å². The molecule has 2 aromatic heterocycles. The molecule has 0 aliphatic carbocycles. The number of ether oxygens (including phenoxy) is 1. The fourth-order valence-corrected chi connectivity index (χ4v) is 3.53. The van der Waals surface area contributed by atoms with Crippen molar-refractivity contribution >= 4 is 5.91 Å². The molecular weight excluding hydrogens is 406 g/mol. The molecule has 164 valence electrons. The van der Waals surface area contributed by atoms with Crippen LogP contribution in [-0.4, -0.2) is 43.4 Å². The number of nitrogens with one attached hydrogen (secondary N) is 2. The molecule has 2 N–H and O–H groups in total. The minimum absolute atomic E-state index is 0.129. The number of H-pyrrole nitrogens is 1. The summed E-state index contributed by atoms with van der Waals surface area (Å²) < 4.78 is 7.06. The topological polar surface area (TPSA) is 111 Å². The summed E-state index contributed by atoms with van der Waals surface area (Å²) in [7, 11) is 1.63. The second kappa shape index (κ2) is 9.86. The lowest BCUT2D eigenvalue weighted by molar-refractivity contribution is -0.121. The average Bonchev–Trinajstić information content (AvgIpc) is 3.50. The predicted molar refractivity (Wildman–Crippen MR) is 119 cm³/mol. The van der Waals surface area contributed by atoms with E-state index in [1.54, 1.807) is 11.8 Å². The third-order valence-electron chi connectivity index (χ3n) is 5.11. The largest absolute Gasteiger partial charge is 0.497 e. The molecule has 1 unspecified atom stereocenters. The van der Waals surface area contributed by atoms with Crippen LogP contribution in [0, 0.1) is 0 Å². The van der Waals surface area contributed by atoms with E-state index in [1.807, 2.05) is 67.7 Å². The third kappa shape index (κ3) is 4.83. The number of benzene rings is 2. The van der Waals surface area contributed by atoms with Gasteiger partial charge in [-0.15, -0.1) is 10.2 Å². The molecule has 0 bridgehead atoms. The van der Waals surface area contributed by atoms with Crippen LogP contribution >= 0.6 is 0 Å². The van der Waals surface area contributed by atoms with Crippen LogP contribution in [0.15, 0.2) is 60.8 Å². The molecule has 0 fully saturated rings. The zero-order valence-corrected chi connectivity index (χ0v) is 18.0. The van der Waals surface area contributed by atoms with Crippen LogP contribution in [0.5, 0.6) is 5.75 Å². The molecule has 0 saturated carbocycles. The second-order valence-corrected chi connectivity index (χ2v) is 7.37. The van der Waals surface area contributed by atoms with Crippen LogP contribution in [0.3, 0.4) is 0 Å². The Balaban J connectivity index is 1.62. The molecule has 2 heterocycles. The molecule has 9 heteroatoms. The van der Waals surface area contributed by atoms with E-state index in [9.17, 15) is 4.79 Å². The number of carbonyl (C=O) groups excluding carboxylic acids is 1. The Morgan fingerprint density at radius 1 is 1.16 bits per heavy atom. The number of hydrogen-bond acceptors (Lipinski definition) is 6. The normalized spacial score (nSPS) is 11.8. The van der Waals surface area contributed by atoms with Crippen molar-refractivity contribution in [2.45, 2.75) is 32.2 Å². The first-order chi connectivity index (χ1) is 15.7. The van der Waals surface area contributed by atoms with Crippen molar-refractivity contribution in [2.24, 2.45) is 0 Å². The summed E-state index contributed by atoms with van der Waals surface area (Å²) in [5.74, 6) is 1.12. The molecule has 32 heavy (non-hydrogen) atoms. The van der Waals surface area contributed by atoms with Crippen molar-refractivity contribution in [1.82, 2.24) is 35.7 Å². The molecular formula is C23H25N7O2. The van der Waals surface area contributed by atoms with Crippen molar-refractivity contribution in [3.05, 3.63) is 72.2 Å². The van der Waals surface area contributed by atoms with Crippen LogP contribution in [0.4, 0.5) is 0 Å². The van der Waals surface area contributed by atoms with Crippen molar-refractivity contribution < 1.29 is 9.53 Å². The van der Waals surface area contributed by atoms with Gasteiger partial charge in [0.1, 0.15) is 5.75 Å². The Morgan fingerprint density at radius 3 is 2.59 bits per heavy atom. The first-order valence-electron chi connectivity index (χ1n) is 10.5. The van der Waals surface area contributed by atoms with E-state index in [0.717, 1.165) is 41.1 Å². The summed E-state index contributed by atoms with van der Waals surface area (Å²) in [6.07, 6.45) is 3.67. The fraction of sp³-hybridized carbons (Fsp3) is 0.261. The minimum atomic E-state index is -0.292. The van der Waals surface area contributed by atoms with Crippen LogP contribution in [0.1, 0.15) is 37.2 Å². The first-order valence-corrected chi connectivity index (χ1v) is 10.5. The van der Waals surface area contributed by atoms with Gasteiger partial charge in [0, 0.05) is 17.3 Å². The maximum atomic E-state index is 13.0. The number of aromatic amines is 1. The Morgan fingerprint density at radius 2 is 1.94 bits per heavy atom. The van der Waals surface area contributed by atoms with Crippen LogP contribution in [0.2, 0.25) is 0 Å². The number of tetrazole rings is 1. The lowest BCUT2D eigenvalue weighted by atomic mass is 10.0. The molecule has 0 aliphatic rings. The summed E-state index contributed by atoms with van der Waals surface area (Å²) in [6.45, 7) is 2.05. The highest BCUT2D eigenvalue weighted by Crippen LogP contribution is 2.26. The van der Waals surface area contributed by atoms with Gasteiger partial charge in [0.25, 0.3) is 0 Å². The smallest absolute Gasteiger partial charge is 0.225 e. The van der Waals surface area contributed by atoms with E-state index in [1.165, 1.54) is 0 Å². The van der Waals surface area contributed by atoms with Gasteiger partial charge >= 0.3 is 0 Å². The van der Waals surface area contributed by atoms with Crippen LogP contribution < -0.4 is 10.1 Å². The second-order valence-electron chi connectivity index (χ2n) is 7.37. The highest BCUT2D eigenvalue weighted by Gasteiger charge is 2.21. The standard InChI is InChI=1S/C23H25N7O2/c1-3-7-20(23-25-28-29-26-23)24-21(31)14-17-15-30(18-8-5-4-6-9-18)27-22(17)16-10-12-19(32-2)13-11-16/h4-6,8-13,15,20H,3,7,14H2,1-2H3,(H,24,31)(H,25,26,28,29). The zero-order valence-electron chi connectivity index (χ0n) is 18.0. The number of aromatic nitrogens is 6. The zero-order chi connectivity index (χ0) is 22.3. The fourth-order valence-electron chi connectivity index (χ4n) is 3.53. The summed E-state index contributed by atoms with van der Waals surface area (Å²) in [6, 6.07) is 17.2. The van der Waals surface area contributed by atoms with Crippen molar-refractivity contribution in [2.75, 3.05) is 7.11 Å². The summed E-state index contributed by atoms with van der Waals surface area (Å²) in [4.78, 5) is 13.0. The maximum absolute atomic E-state index is 13.0. The van der Waals surface area contributed by atoms with E-state index in [2.05, 4.69) is 25.9 Å². The molecule has 4 rings (SSSR count). The Hall–Kier alpha value is -4.01. The van der Waals surface area contributed by atoms with Crippen molar-refractivity contribution in [3.8, 4) is 22.7 Å². The van der Waals surface area contributed by atoms with Gasteiger partial charge in [-0.25, -0.2) is 4.68 Å². The number of rotatable bonds is 9.